The summed E-state index contributed by atoms with van der Waals surface area (Å²) in [5.74, 6) is 0.708. The third kappa shape index (κ3) is 2.57. The normalized spacial score (nSPS) is 10.8. The molecule has 2 N–H and O–H groups in total. The summed E-state index contributed by atoms with van der Waals surface area (Å²) in [4.78, 5) is 0. The Morgan fingerprint density at radius 2 is 2.12 bits per heavy atom. The highest BCUT2D eigenvalue weighted by molar-refractivity contribution is 14.1. The molecule has 1 heterocycles. The van der Waals surface area contributed by atoms with Crippen LogP contribution in [0.15, 0.2) is 18.2 Å². The average molecular weight is 362 g/mol. The summed E-state index contributed by atoms with van der Waals surface area (Å²) in [5.41, 5.74) is 9.12. The molecule has 0 amide bonds. The van der Waals surface area contributed by atoms with Crippen LogP contribution in [0.3, 0.4) is 0 Å². The summed E-state index contributed by atoms with van der Waals surface area (Å²) in [6.07, 6.45) is 0. The summed E-state index contributed by atoms with van der Waals surface area (Å²) in [6, 6.07) is 6.01. The molecule has 0 bridgehead atoms. The van der Waals surface area contributed by atoms with Gasteiger partial charge in [0.15, 0.2) is 0 Å². The Morgan fingerprint density at radius 3 is 2.65 bits per heavy atom. The van der Waals surface area contributed by atoms with Crippen LogP contribution in [0.25, 0.3) is 0 Å². The number of rotatable bonds is 2. The predicted molar refractivity (Wildman–Crippen MR) is 79.4 cm³/mol. The number of benzene rings is 1. The number of aromatic nitrogens is 2. The highest BCUT2D eigenvalue weighted by Crippen LogP contribution is 2.21. The number of hydrogen-bond donors (Lipinski definition) is 1. The molecule has 0 fully saturated rings. The van der Waals surface area contributed by atoms with Gasteiger partial charge in [-0.25, -0.2) is 4.68 Å². The van der Waals surface area contributed by atoms with Gasteiger partial charge < -0.3 is 5.73 Å². The second-order valence-corrected chi connectivity index (χ2v) is 5.51. The third-order valence-electron chi connectivity index (χ3n) is 2.66. The molecular weight excluding hydrogens is 349 g/mol. The Bertz CT molecular complexity index is 563. The lowest BCUT2D eigenvalue weighted by Gasteiger charge is -2.06. The van der Waals surface area contributed by atoms with E-state index in [0.717, 1.165) is 25.4 Å². The van der Waals surface area contributed by atoms with E-state index in [4.69, 9.17) is 17.3 Å². The predicted octanol–water partition coefficient (Wildman–Crippen LogP) is 3.39. The van der Waals surface area contributed by atoms with Crippen molar-refractivity contribution in [3.63, 3.8) is 0 Å². The highest BCUT2D eigenvalue weighted by Gasteiger charge is 2.10. The van der Waals surface area contributed by atoms with Gasteiger partial charge >= 0.3 is 0 Å². The van der Waals surface area contributed by atoms with Gasteiger partial charge in [-0.1, -0.05) is 23.7 Å². The van der Waals surface area contributed by atoms with E-state index in [-0.39, 0.29) is 0 Å². The lowest BCUT2D eigenvalue weighted by atomic mass is 10.1. The molecule has 90 valence electrons. The third-order valence-corrected chi connectivity index (χ3v) is 4.40. The van der Waals surface area contributed by atoms with Crippen LogP contribution >= 0.6 is 34.2 Å². The Labute approximate surface area is 119 Å². The molecule has 5 heteroatoms. The zero-order chi connectivity index (χ0) is 12.6. The van der Waals surface area contributed by atoms with Crippen molar-refractivity contribution >= 4 is 40.0 Å². The fourth-order valence-electron chi connectivity index (χ4n) is 1.61. The highest BCUT2D eigenvalue weighted by atomic mass is 127. The number of anilines is 1. The first kappa shape index (κ1) is 12.7. The fraction of sp³-hybridized carbons (Fsp3) is 0.250. The van der Waals surface area contributed by atoms with E-state index in [1.165, 1.54) is 0 Å². The molecular formula is C12H13ClIN3. The fourth-order valence-corrected chi connectivity index (χ4v) is 2.20. The standard InChI is InChI=1S/C12H13ClIN3/c1-7-3-4-9(5-10(7)13)6-17-12(15)11(14)8(2)16-17/h3-5H,6,15H2,1-2H3. The van der Waals surface area contributed by atoms with Crippen LogP contribution in [-0.4, -0.2) is 9.78 Å². The Balaban J connectivity index is 2.31. The van der Waals surface area contributed by atoms with Gasteiger partial charge in [0.25, 0.3) is 0 Å². The van der Waals surface area contributed by atoms with Crippen molar-refractivity contribution in [2.45, 2.75) is 20.4 Å². The lowest BCUT2D eigenvalue weighted by molar-refractivity contribution is 0.689. The van der Waals surface area contributed by atoms with Crippen molar-refractivity contribution in [2.24, 2.45) is 0 Å². The van der Waals surface area contributed by atoms with Crippen LogP contribution in [0.2, 0.25) is 5.02 Å². The molecule has 0 aliphatic rings. The molecule has 1 aromatic heterocycles. The summed E-state index contributed by atoms with van der Waals surface area (Å²) in [5, 5.41) is 5.18. The molecule has 0 aliphatic heterocycles. The van der Waals surface area contributed by atoms with Gasteiger partial charge in [-0.2, -0.15) is 5.10 Å². The Kier molecular flexibility index (Phi) is 3.63. The zero-order valence-electron chi connectivity index (χ0n) is 9.67. The molecule has 0 unspecified atom stereocenters. The van der Waals surface area contributed by atoms with E-state index in [1.807, 2.05) is 32.0 Å². The van der Waals surface area contributed by atoms with E-state index in [1.54, 1.807) is 4.68 Å². The number of nitrogens with two attached hydrogens (primary N) is 1. The molecule has 0 radical (unpaired) electrons. The van der Waals surface area contributed by atoms with Gasteiger partial charge in [-0.05, 0) is 53.6 Å². The number of aryl methyl sites for hydroxylation is 2. The van der Waals surface area contributed by atoms with Crippen molar-refractivity contribution < 1.29 is 0 Å². The number of nitrogens with zero attached hydrogens (tertiary/aromatic N) is 2. The van der Waals surface area contributed by atoms with Crippen LogP contribution in [-0.2, 0) is 6.54 Å². The molecule has 1 aromatic carbocycles. The molecule has 17 heavy (non-hydrogen) atoms. The monoisotopic (exact) mass is 361 g/mol. The number of halogens is 2. The van der Waals surface area contributed by atoms with Crippen molar-refractivity contribution in [3.8, 4) is 0 Å². The van der Waals surface area contributed by atoms with E-state index in [9.17, 15) is 0 Å². The lowest BCUT2D eigenvalue weighted by Crippen LogP contribution is -2.06. The molecule has 0 saturated carbocycles. The van der Waals surface area contributed by atoms with Gasteiger partial charge in [0, 0.05) is 5.02 Å². The molecule has 2 rings (SSSR count). The van der Waals surface area contributed by atoms with Crippen molar-refractivity contribution in [1.82, 2.24) is 9.78 Å². The smallest absolute Gasteiger partial charge is 0.135 e. The van der Waals surface area contributed by atoms with Gasteiger partial charge in [-0.15, -0.1) is 0 Å². The van der Waals surface area contributed by atoms with Crippen molar-refractivity contribution in [2.75, 3.05) is 5.73 Å². The summed E-state index contributed by atoms with van der Waals surface area (Å²) in [6.45, 7) is 4.59. The van der Waals surface area contributed by atoms with Crippen molar-refractivity contribution in [1.29, 1.82) is 0 Å². The van der Waals surface area contributed by atoms with Crippen LogP contribution in [0, 0.1) is 17.4 Å². The second-order valence-electron chi connectivity index (χ2n) is 4.03. The van der Waals surface area contributed by atoms with E-state index >= 15 is 0 Å². The van der Waals surface area contributed by atoms with Crippen LogP contribution in [0.5, 0.6) is 0 Å². The van der Waals surface area contributed by atoms with Crippen molar-refractivity contribution in [3.05, 3.63) is 43.6 Å². The maximum Gasteiger partial charge on any atom is 0.135 e. The molecule has 2 aromatic rings. The number of nitrogen functional groups attached to an aromatic ring is 1. The summed E-state index contributed by atoms with van der Waals surface area (Å²) < 4.78 is 2.82. The molecule has 0 saturated heterocycles. The first-order valence-electron chi connectivity index (χ1n) is 5.22. The minimum absolute atomic E-state index is 0.648. The molecule has 3 nitrogen and oxygen atoms in total. The maximum atomic E-state index is 6.09. The first-order chi connectivity index (χ1) is 7.99. The molecule has 0 spiro atoms. The first-order valence-corrected chi connectivity index (χ1v) is 6.68. The average Bonchev–Trinajstić information content (AvgIpc) is 2.52. The van der Waals surface area contributed by atoms with Crippen LogP contribution < -0.4 is 5.73 Å². The Hall–Kier alpha value is -0.750. The van der Waals surface area contributed by atoms with Gasteiger partial charge in [0.05, 0.1) is 15.8 Å². The quantitative estimate of drug-likeness (QED) is 0.833. The maximum absolute atomic E-state index is 6.09. The molecule has 0 aliphatic carbocycles. The van der Waals surface area contributed by atoms with Gasteiger partial charge in [0.2, 0.25) is 0 Å². The zero-order valence-corrected chi connectivity index (χ0v) is 12.6. The number of hydrogen-bond acceptors (Lipinski definition) is 2. The van der Waals surface area contributed by atoms with E-state index < -0.39 is 0 Å². The SMILES string of the molecule is Cc1ccc(Cn2nc(C)c(I)c2N)cc1Cl. The topological polar surface area (TPSA) is 43.8 Å². The van der Waals surface area contributed by atoms with Gasteiger partial charge in [-0.3, -0.25) is 0 Å². The summed E-state index contributed by atoms with van der Waals surface area (Å²) >= 11 is 8.30. The minimum atomic E-state index is 0.648. The van der Waals surface area contributed by atoms with E-state index in [2.05, 4.69) is 27.7 Å². The van der Waals surface area contributed by atoms with Gasteiger partial charge in [0.1, 0.15) is 5.82 Å². The molecule has 0 atom stereocenters. The van der Waals surface area contributed by atoms with Crippen LogP contribution in [0.1, 0.15) is 16.8 Å². The van der Waals surface area contributed by atoms with Crippen LogP contribution in [0.4, 0.5) is 5.82 Å². The Morgan fingerprint density at radius 1 is 1.41 bits per heavy atom. The minimum Gasteiger partial charge on any atom is -0.383 e. The van der Waals surface area contributed by atoms with E-state index in [0.29, 0.717) is 12.4 Å². The second kappa shape index (κ2) is 4.86. The summed E-state index contributed by atoms with van der Waals surface area (Å²) in [7, 11) is 0. The largest absolute Gasteiger partial charge is 0.383 e.